The molecule has 4 nitrogen and oxygen atoms in total. The topological polar surface area (TPSA) is 55.8 Å². The minimum atomic E-state index is -4.34. The fraction of sp³-hybridized carbons (Fsp3) is 0.440. The lowest BCUT2D eigenvalue weighted by atomic mass is 9.73. The molecule has 2 bridgehead atoms. The molecule has 4 aliphatic rings. The van der Waals surface area contributed by atoms with E-state index >= 15 is 0 Å². The molecule has 1 aliphatic heterocycles. The van der Waals surface area contributed by atoms with E-state index < -0.39 is 7.82 Å². The largest absolute Gasteiger partial charge is 0.527 e. The summed E-state index contributed by atoms with van der Waals surface area (Å²) in [6.45, 7) is 4.66. The lowest BCUT2D eigenvalue weighted by Crippen LogP contribution is -2.30. The fourth-order valence-corrected chi connectivity index (χ4v) is 9.09. The van der Waals surface area contributed by atoms with Gasteiger partial charge in [0.1, 0.15) is 5.76 Å². The number of benzene rings is 2. The first kappa shape index (κ1) is 21.3. The van der Waals surface area contributed by atoms with E-state index in [4.69, 9.17) is 20.6 Å². The molecule has 7 heteroatoms. The molecule has 3 aliphatic carbocycles. The van der Waals surface area contributed by atoms with Crippen molar-refractivity contribution in [1.29, 1.82) is 0 Å². The molecule has 3 fully saturated rings. The van der Waals surface area contributed by atoms with Gasteiger partial charge in [-0.05, 0) is 72.6 Å². The van der Waals surface area contributed by atoms with E-state index in [9.17, 15) is 9.46 Å². The highest BCUT2D eigenvalue weighted by atomic mass is 35.5. The summed E-state index contributed by atoms with van der Waals surface area (Å²) in [6.07, 6.45) is 4.75. The van der Waals surface area contributed by atoms with E-state index in [2.05, 4.69) is 13.8 Å². The van der Waals surface area contributed by atoms with Crippen LogP contribution in [0.1, 0.15) is 44.2 Å². The number of rotatable bonds is 4. The predicted octanol–water partition coefficient (Wildman–Crippen LogP) is 7.51. The van der Waals surface area contributed by atoms with Crippen LogP contribution in [0.2, 0.25) is 5.02 Å². The molecule has 3 saturated carbocycles. The van der Waals surface area contributed by atoms with Gasteiger partial charge in [-0.1, -0.05) is 61.5 Å². The number of phosphoric acid groups is 1. The summed E-state index contributed by atoms with van der Waals surface area (Å²) in [5.74, 6) is 2.50. The van der Waals surface area contributed by atoms with Crippen LogP contribution in [0.25, 0.3) is 11.8 Å². The molecule has 4 unspecified atom stereocenters. The van der Waals surface area contributed by atoms with E-state index in [0.29, 0.717) is 34.5 Å². The van der Waals surface area contributed by atoms with Crippen LogP contribution in [0.3, 0.4) is 0 Å². The third-order valence-electron chi connectivity index (χ3n) is 8.24. The number of phosphoric ester groups is 1. The number of hydrogen-bond donors (Lipinski definition) is 1. The quantitative estimate of drug-likeness (QED) is 0.451. The zero-order valence-electron chi connectivity index (χ0n) is 18.0. The Morgan fingerprint density at radius 1 is 1.16 bits per heavy atom. The third-order valence-corrected chi connectivity index (χ3v) is 10.7. The Balaban J connectivity index is 1.31. The molecule has 2 aromatic carbocycles. The van der Waals surface area contributed by atoms with Crippen LogP contribution in [-0.2, 0) is 13.6 Å². The van der Waals surface area contributed by atoms with Gasteiger partial charge in [0.25, 0.3) is 0 Å². The maximum Gasteiger partial charge on any atom is 0.527 e. The molecule has 6 rings (SSSR count). The Hall–Kier alpha value is -1.23. The zero-order valence-corrected chi connectivity index (χ0v) is 20.5. The summed E-state index contributed by atoms with van der Waals surface area (Å²) >= 11 is 8.04. The maximum absolute atomic E-state index is 13.3. The lowest BCUT2D eigenvalue weighted by Gasteiger charge is -2.35. The molecule has 0 radical (unpaired) electrons. The summed E-state index contributed by atoms with van der Waals surface area (Å²) in [5.41, 5.74) is 1.79. The average molecular weight is 489 g/mol. The minimum absolute atomic E-state index is 0.226. The van der Waals surface area contributed by atoms with Crippen molar-refractivity contribution in [3.8, 4) is 0 Å². The summed E-state index contributed by atoms with van der Waals surface area (Å²) < 4.78 is 25.0. The van der Waals surface area contributed by atoms with Gasteiger partial charge in [0.15, 0.2) is 0 Å². The lowest BCUT2D eigenvalue weighted by molar-refractivity contribution is 0.0543. The van der Waals surface area contributed by atoms with E-state index in [1.54, 1.807) is 17.8 Å². The van der Waals surface area contributed by atoms with Crippen molar-refractivity contribution in [2.24, 2.45) is 29.1 Å². The van der Waals surface area contributed by atoms with Gasteiger partial charge in [0.2, 0.25) is 0 Å². The zero-order chi connectivity index (χ0) is 22.3. The molecule has 0 spiro atoms. The van der Waals surface area contributed by atoms with Gasteiger partial charge >= 0.3 is 7.82 Å². The van der Waals surface area contributed by atoms with E-state index in [0.717, 1.165) is 27.3 Å². The second-order valence-electron chi connectivity index (χ2n) is 9.91. The summed E-state index contributed by atoms with van der Waals surface area (Å²) in [5, 5.41) is 0.573. The molecule has 1 N–H and O–H groups in total. The SMILES string of the molecule is CC1C2C3[C@H](OP(=O)(O)OC4=Cc5c(Cl)cccc5Sc5ccccc54)C[C@H]1CC[C@]23C. The predicted molar refractivity (Wildman–Crippen MR) is 127 cm³/mol. The Morgan fingerprint density at radius 3 is 2.78 bits per heavy atom. The van der Waals surface area contributed by atoms with Gasteiger partial charge < -0.3 is 4.52 Å². The van der Waals surface area contributed by atoms with Crippen LogP contribution >= 0.6 is 31.2 Å². The molecule has 2 aromatic rings. The molecule has 168 valence electrons. The van der Waals surface area contributed by atoms with Crippen molar-refractivity contribution in [2.75, 3.05) is 0 Å². The molecule has 1 heterocycles. The fourth-order valence-electron chi connectivity index (χ4n) is 6.72. The third kappa shape index (κ3) is 3.32. The summed E-state index contributed by atoms with van der Waals surface area (Å²) in [6, 6.07) is 13.4. The maximum atomic E-state index is 13.3. The molecule has 0 saturated heterocycles. The Morgan fingerprint density at radius 2 is 1.94 bits per heavy atom. The Labute approximate surface area is 198 Å². The molecular formula is C25H26ClO4PS. The van der Waals surface area contributed by atoms with Crippen molar-refractivity contribution >= 4 is 43.0 Å². The van der Waals surface area contributed by atoms with Gasteiger partial charge in [-0.2, -0.15) is 0 Å². The second-order valence-corrected chi connectivity index (χ2v) is 12.7. The van der Waals surface area contributed by atoms with Gasteiger partial charge in [0, 0.05) is 25.9 Å². The highest BCUT2D eigenvalue weighted by molar-refractivity contribution is 7.99. The minimum Gasteiger partial charge on any atom is -0.403 e. The van der Waals surface area contributed by atoms with Crippen LogP contribution in [0.15, 0.2) is 52.3 Å². The Bertz CT molecular complexity index is 1180. The first-order valence-electron chi connectivity index (χ1n) is 11.2. The number of fused-ring (bicyclic) bond motifs is 4. The normalized spacial score (nSPS) is 36.1. The number of halogens is 1. The molecule has 0 amide bonds. The van der Waals surface area contributed by atoms with Crippen LogP contribution in [0.5, 0.6) is 0 Å². The smallest absolute Gasteiger partial charge is 0.403 e. The van der Waals surface area contributed by atoms with Gasteiger partial charge in [0.05, 0.1) is 6.10 Å². The number of hydrogen-bond acceptors (Lipinski definition) is 4. The standard InChI is InChI=1S/C25H26ClO4PS/c1-14-15-10-11-25(2)23(14)24(25)20(12-15)30-31(27,28)29-19-13-17-18(26)7-5-9-22(17)32-21-8-4-3-6-16(19)21/h3-9,13-15,20,23-24H,10-12H2,1-2H3,(H,27,28)/t14?,15-,20-,23?,24?,25-/m1/s1. The van der Waals surface area contributed by atoms with Crippen molar-refractivity contribution in [2.45, 2.75) is 49.0 Å². The molecule has 32 heavy (non-hydrogen) atoms. The van der Waals surface area contributed by atoms with Crippen LogP contribution in [-0.4, -0.2) is 11.0 Å². The molecule has 7 atom stereocenters. The summed E-state index contributed by atoms with van der Waals surface area (Å²) in [4.78, 5) is 12.8. The first-order chi connectivity index (χ1) is 15.3. The highest BCUT2D eigenvalue weighted by Gasteiger charge is 2.71. The molecule has 0 aromatic heterocycles. The van der Waals surface area contributed by atoms with Crippen molar-refractivity contribution in [1.82, 2.24) is 0 Å². The van der Waals surface area contributed by atoms with Crippen molar-refractivity contribution < 1.29 is 18.5 Å². The highest BCUT2D eigenvalue weighted by Crippen LogP contribution is 2.75. The van der Waals surface area contributed by atoms with Crippen molar-refractivity contribution in [3.63, 3.8) is 0 Å². The van der Waals surface area contributed by atoms with Gasteiger partial charge in [-0.3, -0.25) is 9.42 Å². The first-order valence-corrected chi connectivity index (χ1v) is 13.9. The Kier molecular flexibility index (Phi) is 4.92. The monoisotopic (exact) mass is 488 g/mol. The van der Waals surface area contributed by atoms with Crippen molar-refractivity contribution in [3.05, 3.63) is 58.6 Å². The van der Waals surface area contributed by atoms with Crippen LogP contribution in [0.4, 0.5) is 0 Å². The second kappa shape index (κ2) is 7.38. The van der Waals surface area contributed by atoms with Crippen LogP contribution in [0, 0.1) is 29.1 Å². The van der Waals surface area contributed by atoms with E-state index in [1.807, 2.05) is 42.5 Å². The average Bonchev–Trinajstić information content (AvgIpc) is 3.44. The van der Waals surface area contributed by atoms with Crippen LogP contribution < -0.4 is 0 Å². The summed E-state index contributed by atoms with van der Waals surface area (Å²) in [7, 11) is -4.34. The van der Waals surface area contributed by atoms with E-state index in [-0.39, 0.29) is 11.5 Å². The van der Waals surface area contributed by atoms with Gasteiger partial charge in [-0.25, -0.2) is 4.57 Å². The van der Waals surface area contributed by atoms with Gasteiger partial charge in [-0.15, -0.1) is 0 Å². The molecular weight excluding hydrogens is 463 g/mol. The van der Waals surface area contributed by atoms with E-state index in [1.165, 1.54) is 12.8 Å².